The van der Waals surface area contributed by atoms with Crippen molar-refractivity contribution in [3.63, 3.8) is 0 Å². The van der Waals surface area contributed by atoms with E-state index >= 15 is 0 Å². The largest absolute Gasteiger partial charge is 0.428 e. The Morgan fingerprint density at radius 2 is 2.33 bits per heavy atom. The number of rotatable bonds is 5. The number of carbonyl (C=O) groups excluding carboxylic acids is 1. The summed E-state index contributed by atoms with van der Waals surface area (Å²) in [5.74, 6) is -1.33. The van der Waals surface area contributed by atoms with E-state index in [1.165, 1.54) is 13.3 Å². The molecule has 1 rings (SSSR count). The van der Waals surface area contributed by atoms with E-state index < -0.39 is 11.8 Å². The fourth-order valence-electron chi connectivity index (χ4n) is 0.838. The van der Waals surface area contributed by atoms with Crippen molar-refractivity contribution in [2.75, 3.05) is 20.9 Å². The number of ether oxygens (including phenoxy) is 2. The molecule has 0 aromatic carbocycles. The van der Waals surface area contributed by atoms with Gasteiger partial charge in [-0.2, -0.15) is 4.98 Å². The summed E-state index contributed by atoms with van der Waals surface area (Å²) in [5.41, 5.74) is 0. The minimum atomic E-state index is -0.673. The molecule has 98 valence electrons. The van der Waals surface area contributed by atoms with Crippen molar-refractivity contribution in [1.82, 2.24) is 14.9 Å². The van der Waals surface area contributed by atoms with Crippen molar-refractivity contribution in [2.24, 2.45) is 4.99 Å². The van der Waals surface area contributed by atoms with Crippen LogP contribution >= 0.6 is 0 Å². The molecule has 0 aliphatic heterocycles. The molecule has 0 atom stereocenters. The molecule has 1 heterocycles. The van der Waals surface area contributed by atoms with Gasteiger partial charge in [0.2, 0.25) is 6.79 Å². The second-order valence-electron chi connectivity index (χ2n) is 3.43. The lowest BCUT2D eigenvalue weighted by Crippen LogP contribution is -2.09. The van der Waals surface area contributed by atoms with Crippen LogP contribution in [-0.2, 0) is 9.53 Å². The van der Waals surface area contributed by atoms with Gasteiger partial charge in [-0.1, -0.05) is 0 Å². The van der Waals surface area contributed by atoms with E-state index in [1.807, 2.05) is 0 Å². The van der Waals surface area contributed by atoms with Gasteiger partial charge in [-0.05, 0) is 0 Å². The lowest BCUT2D eigenvalue weighted by molar-refractivity contribution is -0.147. The smallest absolute Gasteiger partial charge is 0.321 e. The lowest BCUT2D eigenvalue weighted by Gasteiger charge is -2.05. The summed E-state index contributed by atoms with van der Waals surface area (Å²) >= 11 is 0. The van der Waals surface area contributed by atoms with Crippen LogP contribution in [0, 0.1) is 5.82 Å². The zero-order valence-corrected chi connectivity index (χ0v) is 10.3. The molecule has 7 nitrogen and oxygen atoms in total. The summed E-state index contributed by atoms with van der Waals surface area (Å²) in [5, 5.41) is 0. The van der Waals surface area contributed by atoms with Gasteiger partial charge in [0.1, 0.15) is 0 Å². The first kappa shape index (κ1) is 13.8. The third-order valence-corrected chi connectivity index (χ3v) is 1.56. The summed E-state index contributed by atoms with van der Waals surface area (Å²) in [7, 11) is 3.47. The standard InChI is InChI=1S/C10H13FN4O3/c1-7(16)17-6-18-10-12-4-8(11)9(14-10)13-5-15(2)3/h4-5H,6H2,1-3H3. The molecular weight excluding hydrogens is 243 g/mol. The van der Waals surface area contributed by atoms with Crippen molar-refractivity contribution >= 4 is 18.1 Å². The molecule has 8 heteroatoms. The quantitative estimate of drug-likeness (QED) is 0.334. The Balaban J connectivity index is 2.71. The number of esters is 1. The lowest BCUT2D eigenvalue weighted by atomic mass is 10.5. The zero-order valence-electron chi connectivity index (χ0n) is 10.3. The van der Waals surface area contributed by atoms with Crippen molar-refractivity contribution in [3.05, 3.63) is 12.0 Å². The molecule has 1 aromatic rings. The summed E-state index contributed by atoms with van der Waals surface area (Å²) in [6.45, 7) is 0.902. The van der Waals surface area contributed by atoms with Crippen LogP contribution in [0.25, 0.3) is 0 Å². The number of aromatic nitrogens is 2. The fraction of sp³-hybridized carbons (Fsp3) is 0.400. The molecular formula is C10H13FN4O3. The molecule has 0 aliphatic rings. The van der Waals surface area contributed by atoms with E-state index in [9.17, 15) is 9.18 Å². The van der Waals surface area contributed by atoms with Crippen molar-refractivity contribution in [2.45, 2.75) is 6.92 Å². The van der Waals surface area contributed by atoms with Gasteiger partial charge in [0.25, 0.3) is 0 Å². The summed E-state index contributed by atoms with van der Waals surface area (Å²) < 4.78 is 22.7. The third kappa shape index (κ3) is 4.73. The first-order valence-electron chi connectivity index (χ1n) is 4.98. The monoisotopic (exact) mass is 256 g/mol. The number of aliphatic imine (C=N–C) groups is 1. The summed E-state index contributed by atoms with van der Waals surface area (Å²) in [4.78, 5) is 23.2. The Kier molecular flexibility index (Phi) is 4.97. The Morgan fingerprint density at radius 3 is 2.94 bits per heavy atom. The van der Waals surface area contributed by atoms with Crippen LogP contribution in [0.15, 0.2) is 11.2 Å². The van der Waals surface area contributed by atoms with Gasteiger partial charge >= 0.3 is 12.0 Å². The predicted octanol–water partition coefficient (Wildman–Crippen LogP) is 0.736. The molecule has 0 saturated carbocycles. The molecule has 0 bridgehead atoms. The Labute approximate surface area is 103 Å². The highest BCUT2D eigenvalue weighted by Gasteiger charge is 2.06. The average molecular weight is 256 g/mol. The topological polar surface area (TPSA) is 76.9 Å². The first-order valence-corrected chi connectivity index (χ1v) is 4.98. The van der Waals surface area contributed by atoms with Gasteiger partial charge < -0.3 is 14.4 Å². The van der Waals surface area contributed by atoms with Crippen molar-refractivity contribution in [3.8, 4) is 6.01 Å². The number of nitrogens with zero attached hydrogens (tertiary/aromatic N) is 4. The third-order valence-electron chi connectivity index (χ3n) is 1.56. The number of hydrogen-bond acceptors (Lipinski definition) is 6. The van der Waals surface area contributed by atoms with Crippen LogP contribution in [0.4, 0.5) is 10.2 Å². The van der Waals surface area contributed by atoms with E-state index in [2.05, 4.69) is 19.7 Å². The van der Waals surface area contributed by atoms with Gasteiger partial charge in [-0.25, -0.2) is 14.4 Å². The van der Waals surface area contributed by atoms with Gasteiger partial charge in [0, 0.05) is 21.0 Å². The highest BCUT2D eigenvalue weighted by molar-refractivity contribution is 5.65. The molecule has 0 aliphatic carbocycles. The number of halogens is 1. The summed E-state index contributed by atoms with van der Waals surface area (Å²) in [6.07, 6.45) is 2.32. The minimum Gasteiger partial charge on any atom is -0.428 e. The molecule has 0 radical (unpaired) electrons. The average Bonchev–Trinajstić information content (AvgIpc) is 2.29. The SMILES string of the molecule is CC(=O)OCOc1ncc(F)c(N=CN(C)C)n1. The molecule has 0 amide bonds. The summed E-state index contributed by atoms with van der Waals surface area (Å²) in [6, 6.07) is -0.122. The molecule has 0 fully saturated rings. The van der Waals surface area contributed by atoms with Crippen LogP contribution in [0.1, 0.15) is 6.92 Å². The fourth-order valence-corrected chi connectivity index (χ4v) is 0.838. The number of carbonyl (C=O) groups is 1. The van der Waals surface area contributed by atoms with Crippen molar-refractivity contribution in [1.29, 1.82) is 0 Å². The van der Waals surface area contributed by atoms with Gasteiger partial charge in [-0.15, -0.1) is 0 Å². The molecule has 0 spiro atoms. The maximum absolute atomic E-state index is 13.3. The molecule has 0 unspecified atom stereocenters. The van der Waals surface area contributed by atoms with Crippen LogP contribution in [0.2, 0.25) is 0 Å². The maximum atomic E-state index is 13.3. The second kappa shape index (κ2) is 6.48. The zero-order chi connectivity index (χ0) is 13.5. The second-order valence-corrected chi connectivity index (χ2v) is 3.43. The highest BCUT2D eigenvalue weighted by atomic mass is 19.1. The number of hydrogen-bond donors (Lipinski definition) is 0. The van der Waals surface area contributed by atoms with Gasteiger partial charge in [-0.3, -0.25) is 4.79 Å². The molecule has 0 N–H and O–H groups in total. The van der Waals surface area contributed by atoms with Gasteiger partial charge in [0.15, 0.2) is 11.6 Å². The van der Waals surface area contributed by atoms with Crippen LogP contribution in [0.5, 0.6) is 6.01 Å². The predicted molar refractivity (Wildman–Crippen MR) is 61.1 cm³/mol. The Morgan fingerprint density at radius 1 is 1.61 bits per heavy atom. The maximum Gasteiger partial charge on any atom is 0.321 e. The van der Waals surface area contributed by atoms with E-state index in [0.29, 0.717) is 0 Å². The minimum absolute atomic E-state index is 0.122. The van der Waals surface area contributed by atoms with E-state index in [-0.39, 0.29) is 18.6 Å². The van der Waals surface area contributed by atoms with E-state index in [1.54, 1.807) is 19.0 Å². The van der Waals surface area contributed by atoms with Crippen LogP contribution in [-0.4, -0.2) is 48.1 Å². The van der Waals surface area contributed by atoms with Crippen LogP contribution in [0.3, 0.4) is 0 Å². The van der Waals surface area contributed by atoms with Crippen LogP contribution < -0.4 is 4.74 Å². The van der Waals surface area contributed by atoms with Gasteiger partial charge in [0.05, 0.1) is 12.5 Å². The Hall–Kier alpha value is -2.25. The first-order chi connectivity index (χ1) is 8.49. The highest BCUT2D eigenvalue weighted by Crippen LogP contribution is 2.15. The molecule has 18 heavy (non-hydrogen) atoms. The normalized spacial score (nSPS) is 10.4. The van der Waals surface area contributed by atoms with E-state index in [0.717, 1.165) is 6.20 Å². The van der Waals surface area contributed by atoms with Crippen molar-refractivity contribution < 1.29 is 18.7 Å². The molecule has 1 aromatic heterocycles. The Bertz CT molecular complexity index is 451. The van der Waals surface area contributed by atoms with E-state index in [4.69, 9.17) is 4.74 Å². The molecule has 0 saturated heterocycles.